The molecule has 2 rings (SSSR count). The second-order valence-electron chi connectivity index (χ2n) is 4.33. The van der Waals surface area contributed by atoms with Crippen molar-refractivity contribution in [3.05, 3.63) is 52.0 Å². The van der Waals surface area contributed by atoms with Crippen LogP contribution in [0, 0.1) is 6.92 Å². The Morgan fingerprint density at radius 2 is 2.16 bits per heavy atom. The summed E-state index contributed by atoms with van der Waals surface area (Å²) in [6, 6.07) is 9.84. The highest BCUT2D eigenvalue weighted by molar-refractivity contribution is 7.11. The molecule has 1 heterocycles. The summed E-state index contributed by atoms with van der Waals surface area (Å²) in [6.07, 6.45) is 0.716. The van der Waals surface area contributed by atoms with Gasteiger partial charge in [-0.2, -0.15) is 0 Å². The van der Waals surface area contributed by atoms with Crippen LogP contribution in [-0.4, -0.2) is 17.4 Å². The average Bonchev–Trinajstić information content (AvgIpc) is 2.86. The molecule has 0 aliphatic heterocycles. The molecule has 1 aromatic heterocycles. The van der Waals surface area contributed by atoms with E-state index in [-0.39, 0.29) is 11.9 Å². The van der Waals surface area contributed by atoms with E-state index in [9.17, 15) is 4.79 Å². The number of hydrogen-bond donors (Lipinski definition) is 2. The van der Waals surface area contributed by atoms with Gasteiger partial charge in [0.2, 0.25) is 0 Å². The Morgan fingerprint density at radius 3 is 2.79 bits per heavy atom. The monoisotopic (exact) mass is 275 g/mol. The number of rotatable bonds is 5. The van der Waals surface area contributed by atoms with E-state index < -0.39 is 0 Å². The zero-order chi connectivity index (χ0) is 13.7. The van der Waals surface area contributed by atoms with Gasteiger partial charge in [0.05, 0.1) is 11.2 Å². The van der Waals surface area contributed by atoms with Crippen molar-refractivity contribution in [3.8, 4) is 0 Å². The summed E-state index contributed by atoms with van der Waals surface area (Å²) in [5.74, 6) is -0.0692. The predicted octanol–water partition coefficient (Wildman–Crippen LogP) is 2.27. The van der Waals surface area contributed by atoms with Crippen LogP contribution >= 0.6 is 11.3 Å². The molecular formula is C14H17N3OS. The molecule has 100 valence electrons. The van der Waals surface area contributed by atoms with Gasteiger partial charge in [0.15, 0.2) is 0 Å². The summed E-state index contributed by atoms with van der Waals surface area (Å²) in [5.41, 5.74) is 9.61. The summed E-state index contributed by atoms with van der Waals surface area (Å²) in [7, 11) is 0. The van der Waals surface area contributed by atoms with Crippen molar-refractivity contribution in [2.24, 2.45) is 5.73 Å². The summed E-state index contributed by atoms with van der Waals surface area (Å²) in [6.45, 7) is 2.40. The molecule has 0 saturated heterocycles. The summed E-state index contributed by atoms with van der Waals surface area (Å²) < 4.78 is 0. The standard InChI is InChI=1S/C14H17N3OS/c1-10-13(19-9-17-10)14(18)16-8-7-12(15)11-5-3-2-4-6-11/h2-6,9,12H,7-8,15H2,1H3,(H,16,18). The highest BCUT2D eigenvalue weighted by atomic mass is 32.1. The molecule has 0 bridgehead atoms. The molecule has 1 atom stereocenters. The van der Waals surface area contributed by atoms with E-state index in [0.29, 0.717) is 17.8 Å². The second kappa shape index (κ2) is 6.45. The van der Waals surface area contributed by atoms with Gasteiger partial charge < -0.3 is 11.1 Å². The molecule has 5 heteroatoms. The maximum Gasteiger partial charge on any atom is 0.263 e. The first kappa shape index (κ1) is 13.7. The lowest BCUT2D eigenvalue weighted by atomic mass is 10.1. The van der Waals surface area contributed by atoms with Crippen molar-refractivity contribution in [1.82, 2.24) is 10.3 Å². The van der Waals surface area contributed by atoms with Crippen molar-refractivity contribution < 1.29 is 4.79 Å². The van der Waals surface area contributed by atoms with Gasteiger partial charge >= 0.3 is 0 Å². The number of nitrogens with one attached hydrogen (secondary N) is 1. The Labute approximate surface area is 116 Å². The zero-order valence-electron chi connectivity index (χ0n) is 10.8. The molecule has 1 aromatic carbocycles. The van der Waals surface area contributed by atoms with E-state index >= 15 is 0 Å². The van der Waals surface area contributed by atoms with Crippen LogP contribution in [0.1, 0.15) is 33.4 Å². The van der Waals surface area contributed by atoms with Gasteiger partial charge in [0.1, 0.15) is 4.88 Å². The molecule has 0 aliphatic carbocycles. The topological polar surface area (TPSA) is 68.0 Å². The number of thiazole rings is 1. The molecule has 3 N–H and O–H groups in total. The third-order valence-electron chi connectivity index (χ3n) is 2.92. The van der Waals surface area contributed by atoms with E-state index in [1.165, 1.54) is 11.3 Å². The van der Waals surface area contributed by atoms with E-state index in [2.05, 4.69) is 10.3 Å². The van der Waals surface area contributed by atoms with Crippen molar-refractivity contribution in [1.29, 1.82) is 0 Å². The number of nitrogens with two attached hydrogens (primary N) is 1. The largest absolute Gasteiger partial charge is 0.351 e. The van der Waals surface area contributed by atoms with Gasteiger partial charge in [-0.05, 0) is 18.9 Å². The van der Waals surface area contributed by atoms with Crippen LogP contribution in [-0.2, 0) is 0 Å². The average molecular weight is 275 g/mol. The minimum atomic E-state index is -0.0692. The van der Waals surface area contributed by atoms with Crippen molar-refractivity contribution >= 4 is 17.2 Å². The molecule has 0 saturated carbocycles. The molecule has 0 fully saturated rings. The van der Waals surface area contributed by atoms with E-state index in [1.54, 1.807) is 5.51 Å². The number of benzene rings is 1. The molecule has 1 amide bonds. The van der Waals surface area contributed by atoms with Crippen LogP contribution in [0.3, 0.4) is 0 Å². The summed E-state index contributed by atoms with van der Waals surface area (Å²) in [4.78, 5) is 16.6. The third kappa shape index (κ3) is 3.62. The molecule has 0 spiro atoms. The number of amides is 1. The Balaban J connectivity index is 1.81. The first-order valence-electron chi connectivity index (χ1n) is 6.17. The van der Waals surface area contributed by atoms with Crippen LogP contribution in [0.4, 0.5) is 0 Å². The summed E-state index contributed by atoms with van der Waals surface area (Å²) in [5, 5.41) is 2.88. The van der Waals surface area contributed by atoms with Crippen LogP contribution < -0.4 is 11.1 Å². The Hall–Kier alpha value is -1.72. The van der Waals surface area contributed by atoms with Gasteiger partial charge in [-0.15, -0.1) is 11.3 Å². The lowest BCUT2D eigenvalue weighted by Gasteiger charge is -2.12. The maximum absolute atomic E-state index is 11.9. The maximum atomic E-state index is 11.9. The van der Waals surface area contributed by atoms with Crippen molar-refractivity contribution in [2.45, 2.75) is 19.4 Å². The van der Waals surface area contributed by atoms with Crippen molar-refractivity contribution in [3.63, 3.8) is 0 Å². The van der Waals surface area contributed by atoms with Crippen LogP contribution in [0.5, 0.6) is 0 Å². The fourth-order valence-electron chi connectivity index (χ4n) is 1.81. The normalized spacial score (nSPS) is 12.1. The van der Waals surface area contributed by atoms with Crippen molar-refractivity contribution in [2.75, 3.05) is 6.54 Å². The third-order valence-corrected chi connectivity index (χ3v) is 3.85. The predicted molar refractivity (Wildman–Crippen MR) is 77.2 cm³/mol. The number of aryl methyl sites for hydroxylation is 1. The second-order valence-corrected chi connectivity index (χ2v) is 5.18. The highest BCUT2D eigenvalue weighted by Crippen LogP contribution is 2.14. The number of carbonyl (C=O) groups excluding carboxylic acids is 1. The molecule has 0 radical (unpaired) electrons. The number of aromatic nitrogens is 1. The zero-order valence-corrected chi connectivity index (χ0v) is 11.6. The van der Waals surface area contributed by atoms with Crippen LogP contribution in [0.2, 0.25) is 0 Å². The number of carbonyl (C=O) groups is 1. The lowest BCUT2D eigenvalue weighted by molar-refractivity contribution is 0.0956. The first-order valence-corrected chi connectivity index (χ1v) is 7.05. The highest BCUT2D eigenvalue weighted by Gasteiger charge is 2.12. The van der Waals surface area contributed by atoms with Gasteiger partial charge in [-0.3, -0.25) is 4.79 Å². The molecule has 19 heavy (non-hydrogen) atoms. The van der Waals surface area contributed by atoms with Gasteiger partial charge in [0, 0.05) is 12.6 Å². The smallest absolute Gasteiger partial charge is 0.263 e. The van der Waals surface area contributed by atoms with E-state index in [0.717, 1.165) is 11.3 Å². The number of nitrogens with zero attached hydrogens (tertiary/aromatic N) is 1. The SMILES string of the molecule is Cc1ncsc1C(=O)NCCC(N)c1ccccc1. The van der Waals surface area contributed by atoms with Gasteiger partial charge in [-0.25, -0.2) is 4.98 Å². The minimum Gasteiger partial charge on any atom is -0.351 e. The molecule has 2 aromatic rings. The van der Waals surface area contributed by atoms with E-state index in [4.69, 9.17) is 5.73 Å². The Kier molecular flexibility index (Phi) is 4.65. The minimum absolute atomic E-state index is 0.0518. The first-order chi connectivity index (χ1) is 9.18. The fraction of sp³-hybridized carbons (Fsp3) is 0.286. The molecule has 0 aliphatic rings. The number of hydrogen-bond acceptors (Lipinski definition) is 4. The lowest BCUT2D eigenvalue weighted by Crippen LogP contribution is -2.27. The molecule has 4 nitrogen and oxygen atoms in total. The van der Waals surface area contributed by atoms with Crippen LogP contribution in [0.15, 0.2) is 35.8 Å². The van der Waals surface area contributed by atoms with Gasteiger partial charge in [-0.1, -0.05) is 30.3 Å². The Bertz CT molecular complexity index is 539. The Morgan fingerprint density at radius 1 is 1.42 bits per heavy atom. The van der Waals surface area contributed by atoms with Crippen LogP contribution in [0.25, 0.3) is 0 Å². The van der Waals surface area contributed by atoms with E-state index in [1.807, 2.05) is 37.3 Å². The fourth-order valence-corrected chi connectivity index (χ4v) is 2.53. The summed E-state index contributed by atoms with van der Waals surface area (Å²) >= 11 is 1.36. The molecular weight excluding hydrogens is 258 g/mol. The quantitative estimate of drug-likeness (QED) is 0.879. The van der Waals surface area contributed by atoms with Gasteiger partial charge in [0.25, 0.3) is 5.91 Å². The molecule has 1 unspecified atom stereocenters.